The van der Waals surface area contributed by atoms with Crippen LogP contribution < -0.4 is 16.0 Å². The first kappa shape index (κ1) is 11.5. The molecule has 0 aromatic carbocycles. The Morgan fingerprint density at radius 2 is 2.14 bits per heavy atom. The van der Waals surface area contributed by atoms with Gasteiger partial charge in [0.1, 0.15) is 0 Å². The maximum atomic E-state index is 11.6. The highest BCUT2D eigenvalue weighted by atomic mass is 16.2. The van der Waals surface area contributed by atoms with Crippen LogP contribution >= 0.6 is 0 Å². The molecular weight excluding hydrogens is 178 g/mol. The standard InChI is InChI=1S/C10H21N3O/c1-10(2,3)7-13-9(14)8-6-11-4-5-12-8/h8,11-12H,4-7H2,1-3H3,(H,13,14). The molecule has 14 heavy (non-hydrogen) atoms. The number of hydrogen-bond acceptors (Lipinski definition) is 3. The maximum Gasteiger partial charge on any atom is 0.238 e. The lowest BCUT2D eigenvalue weighted by molar-refractivity contribution is -0.123. The van der Waals surface area contributed by atoms with E-state index in [0.29, 0.717) is 0 Å². The average Bonchev–Trinajstić information content (AvgIpc) is 2.14. The largest absolute Gasteiger partial charge is 0.354 e. The second-order valence-corrected chi connectivity index (χ2v) is 4.99. The Hall–Kier alpha value is -0.610. The highest BCUT2D eigenvalue weighted by Gasteiger charge is 2.21. The van der Waals surface area contributed by atoms with E-state index in [0.717, 1.165) is 26.2 Å². The van der Waals surface area contributed by atoms with Crippen LogP contribution in [0.5, 0.6) is 0 Å². The van der Waals surface area contributed by atoms with Gasteiger partial charge in [-0.15, -0.1) is 0 Å². The molecule has 0 radical (unpaired) electrons. The van der Waals surface area contributed by atoms with E-state index in [1.807, 2.05) is 0 Å². The topological polar surface area (TPSA) is 53.2 Å². The number of piperazine rings is 1. The Morgan fingerprint density at radius 1 is 1.43 bits per heavy atom. The minimum atomic E-state index is -0.0638. The van der Waals surface area contributed by atoms with Crippen molar-refractivity contribution in [1.29, 1.82) is 0 Å². The quantitative estimate of drug-likeness (QED) is 0.573. The van der Waals surface area contributed by atoms with E-state index in [9.17, 15) is 4.79 Å². The van der Waals surface area contributed by atoms with Gasteiger partial charge in [-0.1, -0.05) is 20.8 Å². The van der Waals surface area contributed by atoms with E-state index in [2.05, 4.69) is 36.7 Å². The molecule has 1 unspecified atom stereocenters. The molecule has 4 heteroatoms. The van der Waals surface area contributed by atoms with Crippen LogP contribution in [0.4, 0.5) is 0 Å². The van der Waals surface area contributed by atoms with Crippen molar-refractivity contribution in [2.24, 2.45) is 5.41 Å². The Morgan fingerprint density at radius 3 is 2.64 bits per heavy atom. The average molecular weight is 199 g/mol. The second kappa shape index (κ2) is 4.75. The number of rotatable bonds is 2. The summed E-state index contributed by atoms with van der Waals surface area (Å²) in [7, 11) is 0. The molecule has 1 atom stereocenters. The predicted octanol–water partition coefficient (Wildman–Crippen LogP) is -0.290. The summed E-state index contributed by atoms with van der Waals surface area (Å²) in [5, 5.41) is 9.32. The first-order valence-corrected chi connectivity index (χ1v) is 5.21. The van der Waals surface area contributed by atoms with Crippen LogP contribution in [0.3, 0.4) is 0 Å². The zero-order valence-corrected chi connectivity index (χ0v) is 9.31. The van der Waals surface area contributed by atoms with Gasteiger partial charge < -0.3 is 16.0 Å². The summed E-state index contributed by atoms with van der Waals surface area (Å²) < 4.78 is 0. The summed E-state index contributed by atoms with van der Waals surface area (Å²) in [6.07, 6.45) is 0. The lowest BCUT2D eigenvalue weighted by atomic mass is 9.97. The van der Waals surface area contributed by atoms with Crippen LogP contribution in [0.25, 0.3) is 0 Å². The number of amides is 1. The van der Waals surface area contributed by atoms with Gasteiger partial charge in [-0.2, -0.15) is 0 Å². The Balaban J connectivity index is 2.27. The van der Waals surface area contributed by atoms with Gasteiger partial charge in [0.05, 0.1) is 6.04 Å². The molecule has 1 amide bonds. The molecule has 1 rings (SSSR count). The molecule has 0 aromatic heterocycles. The fourth-order valence-electron chi connectivity index (χ4n) is 1.31. The number of nitrogens with one attached hydrogen (secondary N) is 3. The number of carbonyl (C=O) groups is 1. The summed E-state index contributed by atoms with van der Waals surface area (Å²) >= 11 is 0. The van der Waals surface area contributed by atoms with Crippen LogP contribution in [-0.2, 0) is 4.79 Å². The molecular formula is C10H21N3O. The summed E-state index contributed by atoms with van der Waals surface area (Å²) in [6.45, 7) is 9.61. The molecule has 1 heterocycles. The molecule has 82 valence electrons. The van der Waals surface area contributed by atoms with Gasteiger partial charge >= 0.3 is 0 Å². The molecule has 0 saturated carbocycles. The summed E-state index contributed by atoms with van der Waals surface area (Å²) in [6, 6.07) is -0.0638. The van der Waals surface area contributed by atoms with Crippen LogP contribution in [0, 0.1) is 5.41 Å². The lowest BCUT2D eigenvalue weighted by Gasteiger charge is -2.26. The maximum absolute atomic E-state index is 11.6. The van der Waals surface area contributed by atoms with Crippen molar-refractivity contribution in [1.82, 2.24) is 16.0 Å². The van der Waals surface area contributed by atoms with Gasteiger partial charge in [-0.3, -0.25) is 4.79 Å². The summed E-state index contributed by atoms with van der Waals surface area (Å²) in [5.74, 6) is 0.104. The predicted molar refractivity (Wildman–Crippen MR) is 57.1 cm³/mol. The van der Waals surface area contributed by atoms with Crippen molar-refractivity contribution in [2.75, 3.05) is 26.2 Å². The van der Waals surface area contributed by atoms with E-state index in [1.54, 1.807) is 0 Å². The van der Waals surface area contributed by atoms with Crippen molar-refractivity contribution in [3.63, 3.8) is 0 Å². The minimum Gasteiger partial charge on any atom is -0.354 e. The van der Waals surface area contributed by atoms with E-state index < -0.39 is 0 Å². The Labute approximate surface area is 85.8 Å². The van der Waals surface area contributed by atoms with Gasteiger partial charge in [0, 0.05) is 26.2 Å². The molecule has 0 spiro atoms. The van der Waals surface area contributed by atoms with Crippen molar-refractivity contribution in [3.05, 3.63) is 0 Å². The van der Waals surface area contributed by atoms with Gasteiger partial charge in [0.2, 0.25) is 5.91 Å². The van der Waals surface area contributed by atoms with E-state index in [1.165, 1.54) is 0 Å². The van der Waals surface area contributed by atoms with Gasteiger partial charge in [-0.25, -0.2) is 0 Å². The summed E-state index contributed by atoms with van der Waals surface area (Å²) in [5.41, 5.74) is 0.151. The van der Waals surface area contributed by atoms with Gasteiger partial charge in [0.15, 0.2) is 0 Å². The molecule has 4 nitrogen and oxygen atoms in total. The van der Waals surface area contributed by atoms with Crippen LogP contribution in [0.15, 0.2) is 0 Å². The van der Waals surface area contributed by atoms with Crippen molar-refractivity contribution < 1.29 is 4.79 Å². The molecule has 0 aromatic rings. The molecule has 0 aliphatic carbocycles. The third-order valence-corrected chi connectivity index (χ3v) is 2.15. The van der Waals surface area contributed by atoms with Gasteiger partial charge in [0.25, 0.3) is 0 Å². The van der Waals surface area contributed by atoms with Crippen LogP contribution in [0.2, 0.25) is 0 Å². The lowest BCUT2D eigenvalue weighted by Crippen LogP contribution is -2.56. The fourth-order valence-corrected chi connectivity index (χ4v) is 1.31. The zero-order chi connectivity index (χ0) is 10.6. The third kappa shape index (κ3) is 4.07. The molecule has 1 fully saturated rings. The molecule has 1 aliphatic rings. The van der Waals surface area contributed by atoms with E-state index >= 15 is 0 Å². The van der Waals surface area contributed by atoms with Crippen molar-refractivity contribution in [3.8, 4) is 0 Å². The van der Waals surface area contributed by atoms with Crippen LogP contribution in [0.1, 0.15) is 20.8 Å². The monoisotopic (exact) mass is 199 g/mol. The zero-order valence-electron chi connectivity index (χ0n) is 9.31. The van der Waals surface area contributed by atoms with E-state index in [-0.39, 0.29) is 17.4 Å². The normalized spacial score (nSPS) is 23.2. The highest BCUT2D eigenvalue weighted by Crippen LogP contribution is 2.10. The number of carbonyl (C=O) groups excluding carboxylic acids is 1. The highest BCUT2D eigenvalue weighted by molar-refractivity contribution is 5.82. The van der Waals surface area contributed by atoms with E-state index in [4.69, 9.17) is 0 Å². The fraction of sp³-hybridized carbons (Fsp3) is 0.900. The molecule has 1 aliphatic heterocycles. The van der Waals surface area contributed by atoms with Crippen molar-refractivity contribution >= 4 is 5.91 Å². The SMILES string of the molecule is CC(C)(C)CNC(=O)C1CNCCN1. The molecule has 1 saturated heterocycles. The van der Waals surface area contributed by atoms with Crippen LogP contribution in [-0.4, -0.2) is 38.1 Å². The minimum absolute atomic E-state index is 0.0638. The van der Waals surface area contributed by atoms with Crippen molar-refractivity contribution in [2.45, 2.75) is 26.8 Å². The van der Waals surface area contributed by atoms with Gasteiger partial charge in [-0.05, 0) is 5.41 Å². The Kier molecular flexibility index (Phi) is 3.89. The Bertz CT molecular complexity index is 192. The molecule has 0 bridgehead atoms. The third-order valence-electron chi connectivity index (χ3n) is 2.15. The smallest absolute Gasteiger partial charge is 0.238 e. The first-order chi connectivity index (χ1) is 6.49. The number of hydrogen-bond donors (Lipinski definition) is 3. The first-order valence-electron chi connectivity index (χ1n) is 5.21. The summed E-state index contributed by atoms with van der Waals surface area (Å²) in [4.78, 5) is 11.6. The molecule has 3 N–H and O–H groups in total. The second-order valence-electron chi connectivity index (χ2n) is 4.99.